The molecule has 0 spiro atoms. The van der Waals surface area contributed by atoms with Crippen molar-refractivity contribution < 1.29 is 19.0 Å². The van der Waals surface area contributed by atoms with Gasteiger partial charge in [-0.25, -0.2) is 4.79 Å². The second kappa shape index (κ2) is 12.9. The third-order valence-corrected chi connectivity index (χ3v) is 8.66. The fourth-order valence-corrected chi connectivity index (χ4v) is 6.37. The van der Waals surface area contributed by atoms with Gasteiger partial charge < -0.3 is 19.5 Å². The van der Waals surface area contributed by atoms with Crippen molar-refractivity contribution in [2.24, 2.45) is 5.92 Å². The maximum absolute atomic E-state index is 13.5. The number of carbonyl (C=O) groups excluding carboxylic acids is 1. The van der Waals surface area contributed by atoms with Gasteiger partial charge in [-0.2, -0.15) is 0 Å². The van der Waals surface area contributed by atoms with Crippen molar-refractivity contribution in [3.63, 3.8) is 0 Å². The number of ether oxygens (including phenoxy) is 3. The van der Waals surface area contributed by atoms with Gasteiger partial charge in [0.1, 0.15) is 17.5 Å². The molecule has 0 bridgehead atoms. The molecule has 3 heterocycles. The lowest BCUT2D eigenvalue weighted by Crippen LogP contribution is -2.43. The highest BCUT2D eigenvalue weighted by Gasteiger charge is 2.43. The van der Waals surface area contributed by atoms with E-state index in [4.69, 9.17) is 37.4 Å². The van der Waals surface area contributed by atoms with Crippen molar-refractivity contribution >= 4 is 29.3 Å². The highest BCUT2D eigenvalue weighted by molar-refractivity contribution is 6.31. The average Bonchev–Trinajstić information content (AvgIpc) is 3.36. The normalized spacial score (nSPS) is 23.9. The molecule has 0 aromatic heterocycles. The number of hydrogen-bond donors (Lipinski definition) is 1. The lowest BCUT2D eigenvalue weighted by Gasteiger charge is -2.37. The van der Waals surface area contributed by atoms with Gasteiger partial charge in [0.05, 0.1) is 25.9 Å². The van der Waals surface area contributed by atoms with Gasteiger partial charge in [-0.1, -0.05) is 47.5 Å². The van der Waals surface area contributed by atoms with E-state index in [1.165, 1.54) is 5.57 Å². The van der Waals surface area contributed by atoms with Gasteiger partial charge in [0, 0.05) is 41.3 Å². The number of allylic oxidation sites excluding steroid dienone is 2. The van der Waals surface area contributed by atoms with Gasteiger partial charge in [0.2, 0.25) is 0 Å². The molecule has 0 saturated carbocycles. The molecule has 216 valence electrons. The molecule has 0 radical (unpaired) electrons. The van der Waals surface area contributed by atoms with Crippen LogP contribution in [0.1, 0.15) is 30.9 Å². The quantitative estimate of drug-likeness (QED) is 0.361. The summed E-state index contributed by atoms with van der Waals surface area (Å²) >= 11 is 12.4. The second-order valence-corrected chi connectivity index (χ2v) is 11.7. The van der Waals surface area contributed by atoms with E-state index in [1.807, 2.05) is 18.2 Å². The molecule has 1 N–H and O–H groups in total. The smallest absolute Gasteiger partial charge is 0.416 e. The first kappa shape index (κ1) is 28.2. The Morgan fingerprint density at radius 2 is 1.73 bits per heavy atom. The zero-order valence-electron chi connectivity index (χ0n) is 22.9. The van der Waals surface area contributed by atoms with Crippen LogP contribution >= 0.6 is 23.2 Å². The minimum atomic E-state index is -0.398. The number of halogens is 2. The van der Waals surface area contributed by atoms with Gasteiger partial charge in [-0.15, -0.1) is 0 Å². The number of carbonyl (C=O) groups is 1. The minimum absolute atomic E-state index is 0.123. The third-order valence-electron chi connectivity index (χ3n) is 8.16. The molecule has 4 aliphatic rings. The van der Waals surface area contributed by atoms with Crippen LogP contribution in [0.25, 0.3) is 0 Å². The largest absolute Gasteiger partial charge is 0.494 e. The summed E-state index contributed by atoms with van der Waals surface area (Å²) in [6, 6.07) is 14.7. The first-order valence-corrected chi connectivity index (χ1v) is 15.1. The molecule has 1 amide bonds. The Labute approximate surface area is 251 Å². The first-order valence-electron chi connectivity index (χ1n) is 14.4. The topological polar surface area (TPSA) is 63.3 Å². The van der Waals surface area contributed by atoms with Crippen LogP contribution in [-0.2, 0) is 4.74 Å². The third kappa shape index (κ3) is 6.59. The fourth-order valence-electron chi connectivity index (χ4n) is 6.04. The number of rotatable bonds is 8. The summed E-state index contributed by atoms with van der Waals surface area (Å²) in [6.07, 6.45) is 8.59. The van der Waals surface area contributed by atoms with Crippen molar-refractivity contribution in [1.82, 2.24) is 15.1 Å². The van der Waals surface area contributed by atoms with Gasteiger partial charge in [-0.3, -0.25) is 9.80 Å². The molecule has 7 nitrogen and oxygen atoms in total. The molecule has 1 fully saturated rings. The lowest BCUT2D eigenvalue weighted by atomic mass is 9.85. The highest BCUT2D eigenvalue weighted by atomic mass is 35.5. The number of morpholine rings is 1. The number of benzene rings is 2. The van der Waals surface area contributed by atoms with Crippen molar-refractivity contribution in [3.05, 3.63) is 93.6 Å². The van der Waals surface area contributed by atoms with Crippen molar-refractivity contribution in [2.75, 3.05) is 46.0 Å². The average molecular weight is 597 g/mol. The Hall–Kier alpha value is -2.97. The van der Waals surface area contributed by atoms with Gasteiger partial charge >= 0.3 is 6.09 Å². The minimum Gasteiger partial charge on any atom is -0.494 e. The van der Waals surface area contributed by atoms with E-state index >= 15 is 0 Å². The van der Waals surface area contributed by atoms with Crippen LogP contribution in [0.2, 0.25) is 5.02 Å². The van der Waals surface area contributed by atoms with E-state index in [1.54, 1.807) is 29.2 Å². The van der Waals surface area contributed by atoms with E-state index in [0.717, 1.165) is 74.2 Å². The molecule has 1 aliphatic carbocycles. The Balaban J connectivity index is 1.16. The van der Waals surface area contributed by atoms with Crippen LogP contribution in [0.15, 0.2) is 83.1 Å². The zero-order valence-corrected chi connectivity index (χ0v) is 24.4. The Bertz CT molecular complexity index is 1320. The summed E-state index contributed by atoms with van der Waals surface area (Å²) in [5.41, 5.74) is 3.33. The number of hydrogen-bond acceptors (Lipinski definition) is 6. The van der Waals surface area contributed by atoms with Gasteiger partial charge in [0.15, 0.2) is 0 Å². The number of fused-ring (bicyclic) bond motifs is 2. The number of unbranched alkanes of at least 4 members (excludes halogenated alkanes) is 1. The van der Waals surface area contributed by atoms with E-state index < -0.39 is 6.09 Å². The Morgan fingerprint density at radius 3 is 2.51 bits per heavy atom. The standard InChI is InChI=1S/C32H35Cl2N3O4/c33-23-5-10-26(11-6-23)41-32(38)37-15-13-27-28-21-24(34)7-12-29(28)35-30(27)31(37)22-3-8-25(9-4-22)40-18-2-1-14-36-16-19-39-20-17-36/h3-12,21,28-29,31,35H,1-2,13-20H2. The number of amides is 1. The van der Waals surface area contributed by atoms with E-state index in [2.05, 4.69) is 34.5 Å². The van der Waals surface area contributed by atoms with Crippen LogP contribution in [0.5, 0.6) is 11.5 Å². The summed E-state index contributed by atoms with van der Waals surface area (Å²) in [5, 5.41) is 5.02. The fraction of sp³-hybridized carbons (Fsp3) is 0.406. The van der Waals surface area contributed by atoms with Crippen LogP contribution in [0.3, 0.4) is 0 Å². The molecule has 2 aromatic carbocycles. The molecular weight excluding hydrogens is 561 g/mol. The van der Waals surface area contributed by atoms with E-state index in [9.17, 15) is 4.79 Å². The second-order valence-electron chi connectivity index (χ2n) is 10.8. The predicted molar refractivity (Wildman–Crippen MR) is 160 cm³/mol. The molecule has 6 rings (SSSR count). The van der Waals surface area contributed by atoms with Crippen LogP contribution in [0.4, 0.5) is 4.79 Å². The van der Waals surface area contributed by atoms with Crippen LogP contribution < -0.4 is 14.8 Å². The zero-order chi connectivity index (χ0) is 28.2. The lowest BCUT2D eigenvalue weighted by molar-refractivity contribution is 0.0368. The van der Waals surface area contributed by atoms with Crippen LogP contribution in [0, 0.1) is 5.92 Å². The van der Waals surface area contributed by atoms with Gasteiger partial charge in [0.25, 0.3) is 0 Å². The first-order chi connectivity index (χ1) is 20.0. The molecule has 3 atom stereocenters. The summed E-state index contributed by atoms with van der Waals surface area (Å²) < 4.78 is 17.3. The molecule has 1 saturated heterocycles. The molecular formula is C32H35Cl2N3O4. The summed E-state index contributed by atoms with van der Waals surface area (Å²) in [7, 11) is 0. The van der Waals surface area contributed by atoms with Crippen molar-refractivity contribution in [1.29, 1.82) is 0 Å². The monoisotopic (exact) mass is 595 g/mol. The highest BCUT2D eigenvalue weighted by Crippen LogP contribution is 2.45. The predicted octanol–water partition coefficient (Wildman–Crippen LogP) is 6.31. The summed E-state index contributed by atoms with van der Waals surface area (Å²) in [5.74, 6) is 1.46. The molecule has 9 heteroatoms. The maximum atomic E-state index is 13.5. The Kier molecular flexibility index (Phi) is 8.87. The van der Waals surface area contributed by atoms with Gasteiger partial charge in [-0.05, 0) is 79.4 Å². The van der Waals surface area contributed by atoms with E-state index in [-0.39, 0.29) is 18.0 Å². The SMILES string of the molecule is O=C(Oc1ccc(Cl)cc1)N1CCC2=C(NC3C=CC(Cl)=CC23)C1c1ccc(OCCCCN2CCOCC2)cc1. The molecule has 3 unspecified atom stereocenters. The summed E-state index contributed by atoms with van der Waals surface area (Å²) in [6.45, 7) is 5.98. The molecule has 41 heavy (non-hydrogen) atoms. The maximum Gasteiger partial charge on any atom is 0.416 e. The van der Waals surface area contributed by atoms with Crippen molar-refractivity contribution in [3.8, 4) is 11.5 Å². The summed E-state index contributed by atoms with van der Waals surface area (Å²) in [4.78, 5) is 17.8. The molecule has 2 aromatic rings. The number of nitrogens with one attached hydrogen (secondary N) is 1. The Morgan fingerprint density at radius 1 is 0.976 bits per heavy atom. The van der Waals surface area contributed by atoms with Crippen molar-refractivity contribution in [2.45, 2.75) is 31.3 Å². The molecule has 3 aliphatic heterocycles. The number of nitrogens with zero attached hydrogens (tertiary/aromatic N) is 2. The van der Waals surface area contributed by atoms with E-state index in [0.29, 0.717) is 23.9 Å². The van der Waals surface area contributed by atoms with Crippen LogP contribution in [-0.4, -0.2) is 67.9 Å².